The van der Waals surface area contributed by atoms with E-state index in [1.165, 1.54) is 167 Å². The summed E-state index contributed by atoms with van der Waals surface area (Å²) in [6.07, 6.45) is 0. The lowest BCUT2D eigenvalue weighted by Crippen LogP contribution is -2.10. The second-order valence-corrected chi connectivity index (χ2v) is 20.5. The highest BCUT2D eigenvalue weighted by atomic mass is 32.1. The molecule has 14 aromatic carbocycles. The van der Waals surface area contributed by atoms with Crippen LogP contribution >= 0.6 is 11.3 Å². The molecule has 15 aromatic rings. The van der Waals surface area contributed by atoms with Crippen molar-refractivity contribution in [1.29, 1.82) is 0 Å². The van der Waals surface area contributed by atoms with Crippen LogP contribution in [0.15, 0.2) is 164 Å². The van der Waals surface area contributed by atoms with Crippen LogP contribution in [0.25, 0.3) is 161 Å². The highest BCUT2D eigenvalue weighted by Crippen LogP contribution is 2.58. The van der Waals surface area contributed by atoms with Crippen LogP contribution in [-0.2, 0) is 5.41 Å². The summed E-state index contributed by atoms with van der Waals surface area (Å²) < 4.78 is 2.68. The third kappa shape index (κ3) is 3.88. The molecule has 0 atom stereocenters. The number of benzene rings is 12. The zero-order valence-corrected chi connectivity index (χ0v) is 35.8. The van der Waals surface area contributed by atoms with Gasteiger partial charge in [0.1, 0.15) is 0 Å². The maximum atomic E-state index is 2.51. The summed E-state index contributed by atoms with van der Waals surface area (Å²) in [6.45, 7) is 6.96. The van der Waals surface area contributed by atoms with Gasteiger partial charge in [0.15, 0.2) is 0 Å². The van der Waals surface area contributed by atoms with E-state index in [0.29, 0.717) is 0 Å². The molecule has 1 heteroatoms. The van der Waals surface area contributed by atoms with E-state index in [1.807, 2.05) is 11.3 Å². The topological polar surface area (TPSA) is 0 Å². The van der Waals surface area contributed by atoms with E-state index in [9.17, 15) is 0 Å². The van der Waals surface area contributed by atoms with E-state index in [2.05, 4.69) is 185 Å². The molecule has 0 nitrogen and oxygen atoms in total. The molecule has 1 aliphatic carbocycles. The van der Waals surface area contributed by atoms with Crippen molar-refractivity contribution in [3.8, 4) is 33.4 Å². The predicted molar refractivity (Wildman–Crippen MR) is 277 cm³/mol. The van der Waals surface area contributed by atoms with Crippen LogP contribution in [0.1, 0.15) is 26.3 Å². The third-order valence-electron chi connectivity index (χ3n) is 15.4. The number of hydrogen-bond acceptors (Lipinski definition) is 1. The van der Waals surface area contributed by atoms with Crippen molar-refractivity contribution >= 4 is 139 Å². The zero-order chi connectivity index (χ0) is 41.2. The Morgan fingerprint density at radius 1 is 0.302 bits per heavy atom. The summed E-state index contributed by atoms with van der Waals surface area (Å²) in [5.74, 6) is 0. The van der Waals surface area contributed by atoms with Crippen LogP contribution < -0.4 is 0 Å². The van der Waals surface area contributed by atoms with Crippen molar-refractivity contribution in [3.63, 3.8) is 0 Å². The Balaban J connectivity index is 1.11. The zero-order valence-electron chi connectivity index (χ0n) is 35.0. The number of hydrogen-bond donors (Lipinski definition) is 0. The molecule has 0 radical (unpaired) electrons. The van der Waals surface area contributed by atoms with Crippen LogP contribution in [-0.4, -0.2) is 0 Å². The summed E-state index contributed by atoms with van der Waals surface area (Å²) in [5.41, 5.74) is 9.56. The average molecular weight is 813 g/mol. The average Bonchev–Trinajstić information content (AvgIpc) is 4.05. The van der Waals surface area contributed by atoms with Gasteiger partial charge in [-0.25, -0.2) is 0 Å². The summed E-state index contributed by atoms with van der Waals surface area (Å²) in [4.78, 5) is 0. The first-order valence-corrected chi connectivity index (χ1v) is 23.2. The molecule has 0 fully saturated rings. The van der Waals surface area contributed by atoms with Gasteiger partial charge < -0.3 is 0 Å². The van der Waals surface area contributed by atoms with Gasteiger partial charge in [-0.15, -0.1) is 11.3 Å². The summed E-state index contributed by atoms with van der Waals surface area (Å²) in [5, 5.41) is 29.9. The molecule has 0 saturated carbocycles. The summed E-state index contributed by atoms with van der Waals surface area (Å²) in [6, 6.07) is 63.7. The van der Waals surface area contributed by atoms with Gasteiger partial charge in [-0.1, -0.05) is 154 Å². The molecule has 1 heterocycles. The lowest BCUT2D eigenvalue weighted by atomic mass is 9.85. The predicted octanol–water partition coefficient (Wildman–Crippen LogP) is 18.5. The molecule has 290 valence electrons. The first-order chi connectivity index (χ1) is 30.9. The Bertz CT molecular complexity index is 4550. The van der Waals surface area contributed by atoms with Crippen LogP contribution in [0, 0.1) is 0 Å². The Morgan fingerprint density at radius 2 is 0.810 bits per heavy atom. The van der Waals surface area contributed by atoms with Gasteiger partial charge in [0.05, 0.1) is 0 Å². The molecular weight excluding hydrogens is 777 g/mol. The van der Waals surface area contributed by atoms with Crippen LogP contribution in [0.3, 0.4) is 0 Å². The van der Waals surface area contributed by atoms with Gasteiger partial charge in [0.25, 0.3) is 0 Å². The maximum Gasteiger partial charge on any atom is 0.0355 e. The smallest absolute Gasteiger partial charge is 0.0355 e. The lowest BCUT2D eigenvalue weighted by Gasteiger charge is -2.20. The molecule has 0 unspecified atom stereocenters. The Hall–Kier alpha value is -7.32. The Kier molecular flexibility index (Phi) is 5.82. The minimum absolute atomic E-state index is 0.0839. The minimum Gasteiger partial charge on any atom is -0.135 e. The number of thiophene rings is 1. The van der Waals surface area contributed by atoms with Gasteiger partial charge in [-0.05, 0) is 182 Å². The van der Waals surface area contributed by atoms with Gasteiger partial charge in [0.2, 0.25) is 0 Å². The van der Waals surface area contributed by atoms with Crippen LogP contribution in [0.2, 0.25) is 0 Å². The van der Waals surface area contributed by atoms with E-state index >= 15 is 0 Å². The summed E-state index contributed by atoms with van der Waals surface area (Å²) in [7, 11) is 0. The van der Waals surface area contributed by atoms with Crippen molar-refractivity contribution < 1.29 is 0 Å². The molecule has 1 aromatic heterocycles. The van der Waals surface area contributed by atoms with Crippen molar-refractivity contribution in [2.45, 2.75) is 26.2 Å². The molecule has 0 amide bonds. The fourth-order valence-corrected chi connectivity index (χ4v) is 13.8. The normalized spacial score (nSPS) is 13.3. The molecule has 16 rings (SSSR count). The first kappa shape index (κ1) is 33.3. The van der Waals surface area contributed by atoms with E-state index in [4.69, 9.17) is 0 Å². The largest absolute Gasteiger partial charge is 0.135 e. The van der Waals surface area contributed by atoms with Crippen LogP contribution in [0.5, 0.6) is 0 Å². The first-order valence-electron chi connectivity index (χ1n) is 22.3. The fraction of sp³-hybridized carbons (Fsp3) is 0.0645. The number of fused-ring (bicyclic) bond motifs is 17. The fourth-order valence-electron chi connectivity index (χ4n) is 12.7. The molecule has 0 aliphatic heterocycles. The molecular formula is C62H36S. The van der Waals surface area contributed by atoms with E-state index in [1.54, 1.807) is 0 Å². The SMILES string of the molecule is CC(C)(C)c1ccc2c(c1)-c1ccc3c4ccc5c6c(ccc(c7ccc-2c1c73)c46)c1c(-c2ccc3sc4ccccc4c3c2)c2cc3ccccc3c3c4ccccc4c(c51)c23. The molecule has 0 bridgehead atoms. The molecule has 0 spiro atoms. The quantitative estimate of drug-likeness (QED) is 0.114. The van der Waals surface area contributed by atoms with Crippen molar-refractivity contribution in [2.75, 3.05) is 0 Å². The number of rotatable bonds is 1. The standard InChI is InChI=1S/C62H36S/c1-62(2,3)33-17-18-35-39-19-20-40-42-23-25-45-57-46(26-24-43(56(42)57)41-21-22-44(47(35)30-33)54(39)55(40)41)60-58-38-14-7-6-13-37(38)53-34-11-5-4-10-31(34)28-49(61(53)58)52(59(45)60)32-16-27-51-48(29-32)36-12-8-9-15-50(36)63-51/h4-30H,1-3H3. The van der Waals surface area contributed by atoms with Crippen LogP contribution in [0.4, 0.5) is 0 Å². The van der Waals surface area contributed by atoms with Crippen molar-refractivity contribution in [1.82, 2.24) is 0 Å². The van der Waals surface area contributed by atoms with Gasteiger partial charge in [0, 0.05) is 20.2 Å². The summed E-state index contributed by atoms with van der Waals surface area (Å²) >= 11 is 1.90. The highest BCUT2D eigenvalue weighted by Gasteiger charge is 2.30. The minimum atomic E-state index is 0.0839. The second-order valence-electron chi connectivity index (χ2n) is 19.4. The van der Waals surface area contributed by atoms with Crippen molar-refractivity contribution in [2.24, 2.45) is 0 Å². The second kappa shape index (κ2) is 11.0. The highest BCUT2D eigenvalue weighted by molar-refractivity contribution is 7.25. The molecule has 63 heavy (non-hydrogen) atoms. The Labute approximate surface area is 366 Å². The molecule has 0 saturated heterocycles. The van der Waals surface area contributed by atoms with E-state index in [-0.39, 0.29) is 5.41 Å². The van der Waals surface area contributed by atoms with Gasteiger partial charge >= 0.3 is 0 Å². The van der Waals surface area contributed by atoms with Gasteiger partial charge in [-0.2, -0.15) is 0 Å². The third-order valence-corrected chi connectivity index (χ3v) is 16.5. The van der Waals surface area contributed by atoms with Crippen molar-refractivity contribution in [3.05, 3.63) is 169 Å². The molecule has 0 N–H and O–H groups in total. The maximum absolute atomic E-state index is 2.51. The lowest BCUT2D eigenvalue weighted by molar-refractivity contribution is 0.590. The van der Waals surface area contributed by atoms with E-state index < -0.39 is 0 Å². The van der Waals surface area contributed by atoms with Gasteiger partial charge in [-0.3, -0.25) is 0 Å². The Morgan fingerprint density at radius 3 is 1.57 bits per heavy atom. The van der Waals surface area contributed by atoms with E-state index in [0.717, 1.165) is 0 Å². The molecule has 1 aliphatic rings. The monoisotopic (exact) mass is 812 g/mol.